The van der Waals surface area contributed by atoms with Crippen LogP contribution in [0, 0.1) is 0 Å². The van der Waals surface area contributed by atoms with Crippen molar-refractivity contribution in [2.45, 2.75) is 25.7 Å². The summed E-state index contributed by atoms with van der Waals surface area (Å²) in [6, 6.07) is 4.79. The van der Waals surface area contributed by atoms with Gasteiger partial charge in [-0.3, -0.25) is 0 Å². The maximum Gasteiger partial charge on any atom is 0.285 e. The molecule has 16 heavy (non-hydrogen) atoms. The van der Waals surface area contributed by atoms with Gasteiger partial charge in [0.25, 0.3) is 5.92 Å². The van der Waals surface area contributed by atoms with Crippen LogP contribution < -0.4 is 5.32 Å². The Balaban J connectivity index is 2.96. The molecular weight excluding hydrogens is 276 g/mol. The minimum absolute atomic E-state index is 0.0496. The summed E-state index contributed by atoms with van der Waals surface area (Å²) < 4.78 is 27.9. The third-order valence-corrected chi connectivity index (χ3v) is 3.13. The summed E-state index contributed by atoms with van der Waals surface area (Å²) in [6.07, 6.45) is 1.91. The predicted molar refractivity (Wildman–Crippen MR) is 66.0 cm³/mol. The van der Waals surface area contributed by atoms with Crippen LogP contribution in [0.15, 0.2) is 22.7 Å². The fourth-order valence-corrected chi connectivity index (χ4v) is 2.15. The Kier molecular flexibility index (Phi) is 4.87. The lowest BCUT2D eigenvalue weighted by atomic mass is 10.0. The summed E-state index contributed by atoms with van der Waals surface area (Å²) in [5, 5.41) is 2.50. The van der Waals surface area contributed by atoms with E-state index in [9.17, 15) is 8.78 Å². The second kappa shape index (κ2) is 5.73. The van der Waals surface area contributed by atoms with Crippen molar-refractivity contribution in [2.24, 2.45) is 0 Å². The zero-order valence-electron chi connectivity index (χ0n) is 9.49. The lowest BCUT2D eigenvalue weighted by Crippen LogP contribution is -2.28. The summed E-state index contributed by atoms with van der Waals surface area (Å²) in [5.41, 5.74) is 1.13. The molecule has 1 nitrogen and oxygen atoms in total. The number of rotatable bonds is 5. The molecule has 0 amide bonds. The molecule has 0 fully saturated rings. The van der Waals surface area contributed by atoms with E-state index >= 15 is 0 Å². The van der Waals surface area contributed by atoms with E-state index in [1.807, 2.05) is 0 Å². The first-order valence-corrected chi connectivity index (χ1v) is 6.12. The van der Waals surface area contributed by atoms with Gasteiger partial charge in [0.2, 0.25) is 0 Å². The van der Waals surface area contributed by atoms with Gasteiger partial charge >= 0.3 is 0 Å². The number of alkyl halides is 2. The molecule has 1 aromatic rings. The first kappa shape index (κ1) is 13.6. The number of aryl methyl sites for hydroxylation is 1. The van der Waals surface area contributed by atoms with Crippen LogP contribution in [0.5, 0.6) is 0 Å². The molecule has 0 aliphatic carbocycles. The quantitative estimate of drug-likeness (QED) is 0.872. The van der Waals surface area contributed by atoms with Crippen molar-refractivity contribution >= 4 is 15.9 Å². The molecule has 0 saturated heterocycles. The highest BCUT2D eigenvalue weighted by molar-refractivity contribution is 9.10. The van der Waals surface area contributed by atoms with Crippen LogP contribution in [0.4, 0.5) is 8.78 Å². The normalized spacial score (nSPS) is 11.8. The zero-order valence-corrected chi connectivity index (χ0v) is 11.1. The van der Waals surface area contributed by atoms with E-state index in [0.29, 0.717) is 0 Å². The molecule has 0 aliphatic heterocycles. The van der Waals surface area contributed by atoms with Gasteiger partial charge < -0.3 is 5.32 Å². The Bertz CT molecular complexity index is 353. The molecule has 1 aromatic carbocycles. The number of likely N-dealkylation sites (N-methyl/N-ethyl adjacent to an activating group) is 1. The number of nitrogens with one attached hydrogen (secondary N) is 1. The Morgan fingerprint density at radius 3 is 2.56 bits per heavy atom. The van der Waals surface area contributed by atoms with E-state index in [-0.39, 0.29) is 12.1 Å². The fraction of sp³-hybridized carbons (Fsp3) is 0.500. The van der Waals surface area contributed by atoms with Crippen molar-refractivity contribution < 1.29 is 8.78 Å². The van der Waals surface area contributed by atoms with Crippen LogP contribution in [-0.2, 0) is 12.3 Å². The monoisotopic (exact) mass is 291 g/mol. The van der Waals surface area contributed by atoms with Gasteiger partial charge in [-0.05, 0) is 25.1 Å². The fourth-order valence-electron chi connectivity index (χ4n) is 1.57. The van der Waals surface area contributed by atoms with Crippen LogP contribution in [0.3, 0.4) is 0 Å². The van der Waals surface area contributed by atoms with E-state index in [0.717, 1.165) is 22.9 Å². The van der Waals surface area contributed by atoms with E-state index in [1.165, 1.54) is 19.2 Å². The highest BCUT2D eigenvalue weighted by atomic mass is 79.9. The minimum atomic E-state index is -2.82. The zero-order chi connectivity index (χ0) is 12.2. The van der Waals surface area contributed by atoms with Gasteiger partial charge in [0.15, 0.2) is 0 Å². The van der Waals surface area contributed by atoms with Gasteiger partial charge in [-0.1, -0.05) is 41.4 Å². The highest BCUT2D eigenvalue weighted by Gasteiger charge is 2.30. The smallest absolute Gasteiger partial charge is 0.285 e. The molecule has 90 valence electrons. The third kappa shape index (κ3) is 3.25. The Morgan fingerprint density at radius 1 is 1.38 bits per heavy atom. The number of halogens is 3. The van der Waals surface area contributed by atoms with Crippen molar-refractivity contribution in [3.63, 3.8) is 0 Å². The maximum atomic E-state index is 13.6. The maximum absolute atomic E-state index is 13.6. The lowest BCUT2D eigenvalue weighted by Gasteiger charge is -2.17. The Morgan fingerprint density at radius 2 is 2.06 bits per heavy atom. The molecule has 0 spiro atoms. The van der Waals surface area contributed by atoms with E-state index in [4.69, 9.17) is 0 Å². The van der Waals surface area contributed by atoms with E-state index in [1.54, 1.807) is 6.07 Å². The predicted octanol–water partition coefficient (Wildman–Crippen LogP) is 3.71. The standard InChI is InChI=1S/C12H16BrF2N/c1-3-4-9-5-6-10(7-11(9)13)12(14,15)8-16-2/h5-7,16H,3-4,8H2,1-2H3. The molecule has 4 heteroatoms. The number of hydrogen-bond donors (Lipinski definition) is 1. The summed E-state index contributed by atoms with van der Waals surface area (Å²) in [4.78, 5) is 0. The van der Waals surface area contributed by atoms with E-state index < -0.39 is 5.92 Å². The van der Waals surface area contributed by atoms with Crippen LogP contribution in [0.25, 0.3) is 0 Å². The molecule has 0 radical (unpaired) electrons. The van der Waals surface area contributed by atoms with Gasteiger partial charge in [0.1, 0.15) is 0 Å². The summed E-state index contributed by atoms with van der Waals surface area (Å²) in [5.74, 6) is -2.82. The summed E-state index contributed by atoms with van der Waals surface area (Å²) in [7, 11) is 1.52. The van der Waals surface area contributed by atoms with Gasteiger partial charge in [0, 0.05) is 10.0 Å². The van der Waals surface area contributed by atoms with Gasteiger partial charge in [-0.15, -0.1) is 0 Å². The Labute approximate surface area is 103 Å². The summed E-state index contributed by atoms with van der Waals surface area (Å²) in [6.45, 7) is 1.72. The molecular formula is C12H16BrF2N. The molecule has 0 saturated carbocycles. The average molecular weight is 292 g/mol. The molecule has 0 atom stereocenters. The first-order chi connectivity index (χ1) is 7.51. The number of hydrogen-bond acceptors (Lipinski definition) is 1. The van der Waals surface area contributed by atoms with Crippen LogP contribution in [-0.4, -0.2) is 13.6 Å². The van der Waals surface area contributed by atoms with Crippen LogP contribution in [0.2, 0.25) is 0 Å². The molecule has 0 aliphatic rings. The minimum Gasteiger partial charge on any atom is -0.314 e. The SMILES string of the molecule is CCCc1ccc(C(F)(F)CNC)cc1Br. The molecule has 0 bridgehead atoms. The molecule has 0 unspecified atom stereocenters. The van der Waals surface area contributed by atoms with Gasteiger partial charge in [-0.25, -0.2) is 0 Å². The average Bonchev–Trinajstić information content (AvgIpc) is 2.21. The largest absolute Gasteiger partial charge is 0.314 e. The third-order valence-electron chi connectivity index (χ3n) is 2.39. The van der Waals surface area contributed by atoms with Crippen molar-refractivity contribution in [1.82, 2.24) is 5.32 Å². The molecule has 0 aromatic heterocycles. The van der Waals surface area contributed by atoms with Crippen molar-refractivity contribution in [3.05, 3.63) is 33.8 Å². The van der Waals surface area contributed by atoms with Crippen molar-refractivity contribution in [3.8, 4) is 0 Å². The van der Waals surface area contributed by atoms with Crippen molar-refractivity contribution in [1.29, 1.82) is 0 Å². The topological polar surface area (TPSA) is 12.0 Å². The molecule has 1 N–H and O–H groups in total. The second-order valence-electron chi connectivity index (χ2n) is 3.79. The number of benzene rings is 1. The van der Waals surface area contributed by atoms with Gasteiger partial charge in [0.05, 0.1) is 6.54 Å². The van der Waals surface area contributed by atoms with Gasteiger partial charge in [-0.2, -0.15) is 8.78 Å². The first-order valence-electron chi connectivity index (χ1n) is 5.32. The highest BCUT2D eigenvalue weighted by Crippen LogP contribution is 2.31. The second-order valence-corrected chi connectivity index (χ2v) is 4.65. The lowest BCUT2D eigenvalue weighted by molar-refractivity contribution is -0.00132. The van der Waals surface area contributed by atoms with Crippen LogP contribution in [0.1, 0.15) is 24.5 Å². The van der Waals surface area contributed by atoms with Crippen LogP contribution >= 0.6 is 15.9 Å². The van der Waals surface area contributed by atoms with E-state index in [2.05, 4.69) is 28.2 Å². The molecule has 1 rings (SSSR count). The molecule has 0 heterocycles. The summed E-state index contributed by atoms with van der Waals surface area (Å²) >= 11 is 3.34. The Hall–Kier alpha value is -0.480. The van der Waals surface area contributed by atoms with Crippen molar-refractivity contribution in [2.75, 3.05) is 13.6 Å².